The zero-order valence-electron chi connectivity index (χ0n) is 11.4. The van der Waals surface area contributed by atoms with Gasteiger partial charge in [0, 0.05) is 18.6 Å². The van der Waals surface area contributed by atoms with E-state index in [1.54, 1.807) is 18.6 Å². The lowest BCUT2D eigenvalue weighted by molar-refractivity contribution is 0.328. The monoisotopic (exact) mass is 258 g/mol. The van der Waals surface area contributed by atoms with Crippen molar-refractivity contribution in [2.75, 3.05) is 11.9 Å². The van der Waals surface area contributed by atoms with Gasteiger partial charge in [0.2, 0.25) is 5.88 Å². The summed E-state index contributed by atoms with van der Waals surface area (Å²) in [4.78, 5) is 12.8. The summed E-state index contributed by atoms with van der Waals surface area (Å²) >= 11 is 0. The predicted octanol–water partition coefficient (Wildman–Crippen LogP) is 2.75. The Bertz CT molecular complexity index is 544. The molecule has 2 aromatic rings. The van der Waals surface area contributed by atoms with Gasteiger partial charge in [-0.3, -0.25) is 9.97 Å². The number of hydrogen-bond acceptors (Lipinski definition) is 5. The molecular formula is C14H18N4O. The molecule has 2 rings (SSSR count). The van der Waals surface area contributed by atoms with Crippen LogP contribution >= 0.6 is 0 Å². The van der Waals surface area contributed by atoms with Crippen LogP contribution in [-0.4, -0.2) is 21.6 Å². The van der Waals surface area contributed by atoms with E-state index in [9.17, 15) is 0 Å². The summed E-state index contributed by atoms with van der Waals surface area (Å²) in [7, 11) is 0. The van der Waals surface area contributed by atoms with Gasteiger partial charge >= 0.3 is 0 Å². The molecule has 2 heterocycles. The highest BCUT2D eigenvalue weighted by atomic mass is 16.5. The predicted molar refractivity (Wildman–Crippen MR) is 74.2 cm³/mol. The number of pyridine rings is 1. The van der Waals surface area contributed by atoms with Gasteiger partial charge in [0.25, 0.3) is 0 Å². The number of ether oxygens (including phenoxy) is 1. The van der Waals surface area contributed by atoms with E-state index in [0.717, 1.165) is 17.1 Å². The van der Waals surface area contributed by atoms with Crippen molar-refractivity contribution in [2.45, 2.75) is 26.8 Å². The molecule has 1 atom stereocenters. The first-order valence-corrected chi connectivity index (χ1v) is 6.34. The van der Waals surface area contributed by atoms with Crippen LogP contribution in [-0.2, 0) is 0 Å². The molecule has 19 heavy (non-hydrogen) atoms. The largest absolute Gasteiger partial charge is 0.476 e. The SMILES string of the molecule is CCOc1ncccc1NC(C)c1nccnc1C. The Morgan fingerprint density at radius 2 is 2.00 bits per heavy atom. The second-order valence-corrected chi connectivity index (χ2v) is 4.18. The number of hydrogen-bond donors (Lipinski definition) is 1. The highest BCUT2D eigenvalue weighted by Gasteiger charge is 2.13. The van der Waals surface area contributed by atoms with Crippen molar-refractivity contribution in [2.24, 2.45) is 0 Å². The van der Waals surface area contributed by atoms with Gasteiger partial charge in [0.1, 0.15) is 0 Å². The topological polar surface area (TPSA) is 59.9 Å². The van der Waals surface area contributed by atoms with Gasteiger partial charge in [-0.1, -0.05) is 0 Å². The van der Waals surface area contributed by atoms with Crippen molar-refractivity contribution < 1.29 is 4.74 Å². The number of nitrogens with zero attached hydrogens (tertiary/aromatic N) is 3. The summed E-state index contributed by atoms with van der Waals surface area (Å²) in [6, 6.07) is 3.86. The van der Waals surface area contributed by atoms with Crippen LogP contribution in [0.3, 0.4) is 0 Å². The van der Waals surface area contributed by atoms with Crippen LogP contribution in [0.2, 0.25) is 0 Å². The average molecular weight is 258 g/mol. The van der Waals surface area contributed by atoms with Gasteiger partial charge in [0.15, 0.2) is 0 Å². The fourth-order valence-electron chi connectivity index (χ4n) is 1.90. The Morgan fingerprint density at radius 3 is 2.74 bits per heavy atom. The van der Waals surface area contributed by atoms with Crippen LogP contribution in [0, 0.1) is 6.92 Å². The maximum atomic E-state index is 5.49. The van der Waals surface area contributed by atoms with Gasteiger partial charge in [-0.2, -0.15) is 0 Å². The summed E-state index contributed by atoms with van der Waals surface area (Å²) in [6.45, 7) is 6.52. The third-order valence-corrected chi connectivity index (χ3v) is 2.75. The molecule has 0 saturated heterocycles. The van der Waals surface area contributed by atoms with Crippen LogP contribution in [0.25, 0.3) is 0 Å². The van der Waals surface area contributed by atoms with Gasteiger partial charge < -0.3 is 10.1 Å². The van der Waals surface area contributed by atoms with Gasteiger partial charge in [0.05, 0.1) is 29.7 Å². The van der Waals surface area contributed by atoms with E-state index in [0.29, 0.717) is 12.5 Å². The minimum absolute atomic E-state index is 0.0390. The number of aryl methyl sites for hydroxylation is 1. The Labute approximate surface area is 113 Å². The van der Waals surface area contributed by atoms with E-state index in [1.807, 2.05) is 32.9 Å². The average Bonchev–Trinajstić information content (AvgIpc) is 2.41. The van der Waals surface area contributed by atoms with Crippen LogP contribution in [0.15, 0.2) is 30.7 Å². The Hall–Kier alpha value is -2.17. The summed E-state index contributed by atoms with van der Waals surface area (Å²) in [6.07, 6.45) is 5.11. The van der Waals surface area contributed by atoms with Gasteiger partial charge in [-0.25, -0.2) is 4.98 Å². The van der Waals surface area contributed by atoms with E-state index in [1.165, 1.54) is 0 Å². The van der Waals surface area contributed by atoms with E-state index in [2.05, 4.69) is 20.3 Å². The summed E-state index contributed by atoms with van der Waals surface area (Å²) in [5.74, 6) is 0.610. The number of nitrogens with one attached hydrogen (secondary N) is 1. The summed E-state index contributed by atoms with van der Waals surface area (Å²) in [5, 5.41) is 3.36. The first kappa shape index (κ1) is 13.3. The molecule has 1 unspecified atom stereocenters. The first-order valence-electron chi connectivity index (χ1n) is 6.34. The Balaban J connectivity index is 2.19. The molecule has 0 amide bonds. The minimum Gasteiger partial charge on any atom is -0.476 e. The molecule has 0 aliphatic heterocycles. The Morgan fingerprint density at radius 1 is 1.21 bits per heavy atom. The lowest BCUT2D eigenvalue weighted by Gasteiger charge is -2.17. The normalized spacial score (nSPS) is 11.9. The summed E-state index contributed by atoms with van der Waals surface area (Å²) < 4.78 is 5.49. The highest BCUT2D eigenvalue weighted by molar-refractivity contribution is 5.53. The van der Waals surface area contributed by atoms with E-state index in [-0.39, 0.29) is 6.04 Å². The van der Waals surface area contributed by atoms with Crippen molar-refractivity contribution >= 4 is 5.69 Å². The minimum atomic E-state index is 0.0390. The highest BCUT2D eigenvalue weighted by Crippen LogP contribution is 2.25. The van der Waals surface area contributed by atoms with E-state index in [4.69, 9.17) is 4.74 Å². The van der Waals surface area contributed by atoms with Crippen LogP contribution in [0.4, 0.5) is 5.69 Å². The molecule has 5 heteroatoms. The second-order valence-electron chi connectivity index (χ2n) is 4.18. The van der Waals surface area contributed by atoms with Crippen molar-refractivity contribution in [3.05, 3.63) is 42.1 Å². The molecule has 0 spiro atoms. The third-order valence-electron chi connectivity index (χ3n) is 2.75. The molecule has 0 aromatic carbocycles. The van der Waals surface area contributed by atoms with Crippen LogP contribution < -0.4 is 10.1 Å². The molecule has 0 aliphatic rings. The van der Waals surface area contributed by atoms with Crippen molar-refractivity contribution in [1.29, 1.82) is 0 Å². The van der Waals surface area contributed by atoms with Gasteiger partial charge in [-0.15, -0.1) is 0 Å². The maximum absolute atomic E-state index is 5.49. The third kappa shape index (κ3) is 3.19. The zero-order valence-corrected chi connectivity index (χ0v) is 11.4. The van der Waals surface area contributed by atoms with E-state index >= 15 is 0 Å². The van der Waals surface area contributed by atoms with Gasteiger partial charge in [-0.05, 0) is 32.9 Å². The lowest BCUT2D eigenvalue weighted by Crippen LogP contribution is -2.12. The lowest BCUT2D eigenvalue weighted by atomic mass is 10.2. The van der Waals surface area contributed by atoms with Crippen LogP contribution in [0.5, 0.6) is 5.88 Å². The second kappa shape index (κ2) is 6.13. The summed E-state index contributed by atoms with van der Waals surface area (Å²) in [5.41, 5.74) is 2.71. The maximum Gasteiger partial charge on any atom is 0.237 e. The zero-order chi connectivity index (χ0) is 13.7. The molecule has 0 radical (unpaired) electrons. The number of anilines is 1. The molecule has 1 N–H and O–H groups in total. The van der Waals surface area contributed by atoms with Crippen molar-refractivity contribution in [1.82, 2.24) is 15.0 Å². The van der Waals surface area contributed by atoms with Crippen LogP contribution in [0.1, 0.15) is 31.3 Å². The fourth-order valence-corrected chi connectivity index (χ4v) is 1.90. The molecule has 5 nitrogen and oxygen atoms in total. The number of aromatic nitrogens is 3. The molecule has 0 saturated carbocycles. The quantitative estimate of drug-likeness (QED) is 0.893. The fraction of sp³-hybridized carbons (Fsp3) is 0.357. The van der Waals surface area contributed by atoms with Crippen molar-refractivity contribution in [3.8, 4) is 5.88 Å². The first-order chi connectivity index (χ1) is 9.22. The Kier molecular flexibility index (Phi) is 4.28. The molecule has 0 bridgehead atoms. The number of rotatable bonds is 5. The molecule has 2 aromatic heterocycles. The molecule has 100 valence electrons. The molecule has 0 aliphatic carbocycles. The smallest absolute Gasteiger partial charge is 0.237 e. The molecule has 0 fully saturated rings. The standard InChI is InChI=1S/C14H18N4O/c1-4-19-14-12(6-5-7-17-14)18-11(3)13-10(2)15-8-9-16-13/h5-9,11,18H,4H2,1-3H3. The molecular weight excluding hydrogens is 240 g/mol. The van der Waals surface area contributed by atoms with E-state index < -0.39 is 0 Å². The van der Waals surface area contributed by atoms with Crippen molar-refractivity contribution in [3.63, 3.8) is 0 Å².